The summed E-state index contributed by atoms with van der Waals surface area (Å²) in [6.07, 6.45) is 15.6. The number of rotatable bonds is 7. The van der Waals surface area contributed by atoms with Crippen LogP contribution in [0.3, 0.4) is 0 Å². The van der Waals surface area contributed by atoms with Gasteiger partial charge in [0.25, 0.3) is 0 Å². The van der Waals surface area contributed by atoms with E-state index in [2.05, 4.69) is 20.4 Å². The van der Waals surface area contributed by atoms with Crippen molar-refractivity contribution in [2.24, 2.45) is 0 Å². The van der Waals surface area contributed by atoms with Gasteiger partial charge < -0.3 is 4.74 Å². The number of ether oxygens (including phenoxy) is 1. The number of esters is 1. The van der Waals surface area contributed by atoms with Crippen LogP contribution in [0.2, 0.25) is 0 Å². The van der Waals surface area contributed by atoms with Crippen molar-refractivity contribution in [1.29, 1.82) is 0 Å². The van der Waals surface area contributed by atoms with E-state index in [1.165, 1.54) is 63.9 Å². The first kappa shape index (κ1) is 18.2. The van der Waals surface area contributed by atoms with Crippen LogP contribution in [0.25, 0.3) is 0 Å². The first-order chi connectivity index (χ1) is 9.24. The highest BCUT2D eigenvalue weighted by molar-refractivity contribution is 5.81. The first-order valence-electron chi connectivity index (χ1n) is 8.07. The van der Waals surface area contributed by atoms with Crippen LogP contribution in [-0.4, -0.2) is 12.1 Å². The smallest absolute Gasteiger partial charge is 0.330 e. The highest BCUT2D eigenvalue weighted by Gasteiger charge is 2.15. The Morgan fingerprint density at radius 1 is 1.05 bits per heavy atom. The second-order valence-electron chi connectivity index (χ2n) is 5.32. The lowest BCUT2D eigenvalue weighted by Crippen LogP contribution is -2.19. The van der Waals surface area contributed by atoms with Crippen LogP contribution in [0.15, 0.2) is 12.7 Å². The van der Waals surface area contributed by atoms with Crippen LogP contribution in [0.1, 0.15) is 84.5 Å². The lowest BCUT2D eigenvalue weighted by molar-refractivity contribution is -0.144. The van der Waals surface area contributed by atoms with Gasteiger partial charge in [-0.15, -0.1) is 0 Å². The zero-order valence-corrected chi connectivity index (χ0v) is 13.0. The number of carbonyl (C=O) groups is 1. The molecule has 1 saturated carbocycles. The predicted octanol–water partition coefficient (Wildman–Crippen LogP) is 5.42. The minimum Gasteiger partial charge on any atom is -0.459 e. The SMILES string of the molecule is C=CC(=O)OC1CCCCC1.CCCCCCCC. The number of hydrogen-bond donors (Lipinski definition) is 0. The molecule has 2 nitrogen and oxygen atoms in total. The van der Waals surface area contributed by atoms with E-state index < -0.39 is 0 Å². The molecule has 0 bridgehead atoms. The van der Waals surface area contributed by atoms with Gasteiger partial charge in [0.15, 0.2) is 0 Å². The van der Waals surface area contributed by atoms with E-state index in [0.29, 0.717) is 0 Å². The zero-order chi connectivity index (χ0) is 14.3. The third kappa shape index (κ3) is 12.0. The number of unbranched alkanes of at least 4 members (excludes halogenated alkanes) is 5. The maximum absolute atomic E-state index is 10.7. The molecule has 0 saturated heterocycles. The van der Waals surface area contributed by atoms with Crippen molar-refractivity contribution in [3.63, 3.8) is 0 Å². The van der Waals surface area contributed by atoms with E-state index >= 15 is 0 Å². The summed E-state index contributed by atoms with van der Waals surface area (Å²) in [5.41, 5.74) is 0. The molecule has 0 aromatic rings. The van der Waals surface area contributed by atoms with Crippen molar-refractivity contribution in [3.05, 3.63) is 12.7 Å². The van der Waals surface area contributed by atoms with Crippen molar-refractivity contribution in [2.45, 2.75) is 90.6 Å². The maximum Gasteiger partial charge on any atom is 0.330 e. The van der Waals surface area contributed by atoms with Gasteiger partial charge in [-0.3, -0.25) is 0 Å². The molecule has 0 spiro atoms. The van der Waals surface area contributed by atoms with Crippen molar-refractivity contribution in [2.75, 3.05) is 0 Å². The monoisotopic (exact) mass is 268 g/mol. The largest absolute Gasteiger partial charge is 0.459 e. The van der Waals surface area contributed by atoms with Gasteiger partial charge in [0.1, 0.15) is 6.10 Å². The maximum atomic E-state index is 10.7. The van der Waals surface area contributed by atoms with Crippen LogP contribution in [-0.2, 0) is 9.53 Å². The molecule has 1 rings (SSSR count). The van der Waals surface area contributed by atoms with Gasteiger partial charge in [-0.1, -0.05) is 65.4 Å². The molecular weight excluding hydrogens is 236 g/mol. The highest BCUT2D eigenvalue weighted by atomic mass is 16.5. The van der Waals surface area contributed by atoms with Gasteiger partial charge >= 0.3 is 5.97 Å². The quantitative estimate of drug-likeness (QED) is 0.350. The molecule has 0 N–H and O–H groups in total. The standard InChI is InChI=1S/C9H14O2.C8H18/c1-2-9(10)11-8-6-4-3-5-7-8;1-3-5-7-8-6-4-2/h2,8H,1,3-7H2;3-8H2,1-2H3. The highest BCUT2D eigenvalue weighted by Crippen LogP contribution is 2.20. The molecule has 19 heavy (non-hydrogen) atoms. The third-order valence-electron chi connectivity index (χ3n) is 3.46. The minimum atomic E-state index is -0.281. The van der Waals surface area contributed by atoms with Crippen molar-refractivity contribution in [1.82, 2.24) is 0 Å². The Labute approximate surface area is 119 Å². The van der Waals surface area contributed by atoms with Gasteiger partial charge in [0.2, 0.25) is 0 Å². The second-order valence-corrected chi connectivity index (χ2v) is 5.32. The zero-order valence-electron chi connectivity index (χ0n) is 13.0. The molecule has 0 aromatic heterocycles. The van der Waals surface area contributed by atoms with Crippen LogP contribution in [0, 0.1) is 0 Å². The van der Waals surface area contributed by atoms with E-state index in [1.807, 2.05) is 0 Å². The fraction of sp³-hybridized carbons (Fsp3) is 0.824. The summed E-state index contributed by atoms with van der Waals surface area (Å²) in [5, 5.41) is 0. The van der Waals surface area contributed by atoms with Gasteiger partial charge in [-0.2, -0.15) is 0 Å². The molecule has 1 aliphatic carbocycles. The lowest BCUT2D eigenvalue weighted by atomic mass is 9.98. The van der Waals surface area contributed by atoms with E-state index in [-0.39, 0.29) is 12.1 Å². The molecule has 1 aliphatic rings. The molecule has 0 atom stereocenters. The Bertz CT molecular complexity index is 211. The summed E-state index contributed by atoms with van der Waals surface area (Å²) in [7, 11) is 0. The van der Waals surface area contributed by atoms with Crippen LogP contribution >= 0.6 is 0 Å². The Morgan fingerprint density at radius 2 is 1.58 bits per heavy atom. The average Bonchev–Trinajstić information content (AvgIpc) is 2.45. The Hall–Kier alpha value is -0.790. The van der Waals surface area contributed by atoms with E-state index in [9.17, 15) is 4.79 Å². The van der Waals surface area contributed by atoms with Crippen molar-refractivity contribution in [3.8, 4) is 0 Å². The topological polar surface area (TPSA) is 26.3 Å². The fourth-order valence-electron chi connectivity index (χ4n) is 2.25. The van der Waals surface area contributed by atoms with Gasteiger partial charge in [-0.25, -0.2) is 4.79 Å². The number of carbonyl (C=O) groups excluding carboxylic acids is 1. The molecule has 0 amide bonds. The molecule has 0 aromatic carbocycles. The average molecular weight is 268 g/mol. The summed E-state index contributed by atoms with van der Waals surface area (Å²) >= 11 is 0. The summed E-state index contributed by atoms with van der Waals surface area (Å²) < 4.78 is 5.08. The van der Waals surface area contributed by atoms with Crippen LogP contribution in [0.5, 0.6) is 0 Å². The normalized spacial score (nSPS) is 15.3. The molecule has 1 fully saturated rings. The summed E-state index contributed by atoms with van der Waals surface area (Å²) in [6.45, 7) is 7.86. The minimum absolute atomic E-state index is 0.161. The second kappa shape index (κ2) is 13.6. The van der Waals surface area contributed by atoms with Gasteiger partial charge in [0.05, 0.1) is 0 Å². The fourth-order valence-corrected chi connectivity index (χ4v) is 2.25. The summed E-state index contributed by atoms with van der Waals surface area (Å²) in [5.74, 6) is -0.281. The molecule has 0 unspecified atom stereocenters. The van der Waals surface area contributed by atoms with Crippen LogP contribution < -0.4 is 0 Å². The lowest BCUT2D eigenvalue weighted by Gasteiger charge is -2.20. The van der Waals surface area contributed by atoms with Gasteiger partial charge in [-0.05, 0) is 25.7 Å². The van der Waals surface area contributed by atoms with Crippen LogP contribution in [0.4, 0.5) is 0 Å². The molecule has 2 heteroatoms. The molecular formula is C17H32O2. The molecule has 0 aliphatic heterocycles. The van der Waals surface area contributed by atoms with Crippen molar-refractivity contribution >= 4 is 5.97 Å². The first-order valence-corrected chi connectivity index (χ1v) is 8.07. The van der Waals surface area contributed by atoms with E-state index in [0.717, 1.165) is 12.8 Å². The summed E-state index contributed by atoms with van der Waals surface area (Å²) in [4.78, 5) is 10.7. The number of hydrogen-bond acceptors (Lipinski definition) is 2. The molecule has 112 valence electrons. The Balaban J connectivity index is 0.000000362. The van der Waals surface area contributed by atoms with Crippen molar-refractivity contribution < 1.29 is 9.53 Å². The predicted molar refractivity (Wildman–Crippen MR) is 82.2 cm³/mol. The van der Waals surface area contributed by atoms with E-state index in [4.69, 9.17) is 4.74 Å². The molecule has 0 radical (unpaired) electrons. The van der Waals surface area contributed by atoms with Gasteiger partial charge in [0, 0.05) is 6.08 Å². The Morgan fingerprint density at radius 3 is 2.00 bits per heavy atom. The Kier molecular flexibility index (Phi) is 13.1. The third-order valence-corrected chi connectivity index (χ3v) is 3.46. The van der Waals surface area contributed by atoms with E-state index in [1.54, 1.807) is 0 Å². The summed E-state index contributed by atoms with van der Waals surface area (Å²) in [6, 6.07) is 0. The molecule has 0 heterocycles.